The summed E-state index contributed by atoms with van der Waals surface area (Å²) < 4.78 is 5.67. The third-order valence-electron chi connectivity index (χ3n) is 3.96. The molecule has 5 heteroatoms. The normalized spacial score (nSPS) is 17.0. The molecule has 2 N–H and O–H groups in total. The topological polar surface area (TPSA) is 53.6 Å². The lowest BCUT2D eigenvalue weighted by molar-refractivity contribution is -0.114. The number of ether oxygens (including phenoxy) is 1. The predicted molar refractivity (Wildman–Crippen MR) is 89.5 cm³/mol. The van der Waals surface area contributed by atoms with Gasteiger partial charge in [-0.2, -0.15) is 0 Å². The second-order valence-corrected chi connectivity index (χ2v) is 5.78. The van der Waals surface area contributed by atoms with Crippen LogP contribution in [-0.4, -0.2) is 49.6 Å². The summed E-state index contributed by atoms with van der Waals surface area (Å²) in [7, 11) is 0. The summed E-state index contributed by atoms with van der Waals surface area (Å²) in [6, 6.07) is 6.56. The predicted octanol–water partition coefficient (Wildman–Crippen LogP) is 1.88. The second kappa shape index (κ2) is 8.15. The Morgan fingerprint density at radius 2 is 2.14 bits per heavy atom. The monoisotopic (exact) mass is 305 g/mol. The summed E-state index contributed by atoms with van der Waals surface area (Å²) in [5.74, 6) is 0.672. The number of rotatable bonds is 6. The molecule has 0 spiro atoms. The van der Waals surface area contributed by atoms with Gasteiger partial charge in [-0.25, -0.2) is 0 Å². The molecule has 1 amide bonds. The van der Waals surface area contributed by atoms with Crippen LogP contribution in [0.25, 0.3) is 0 Å². The SMILES string of the molecule is CCOc1cc(CC(C)N2CCNCC2)ccc1NC(C)=O. The molecule has 1 saturated heterocycles. The number of nitrogens with one attached hydrogen (secondary N) is 2. The molecule has 0 saturated carbocycles. The third-order valence-corrected chi connectivity index (χ3v) is 3.96. The average Bonchev–Trinajstić information content (AvgIpc) is 2.50. The maximum absolute atomic E-state index is 11.3. The van der Waals surface area contributed by atoms with Crippen LogP contribution in [0.4, 0.5) is 5.69 Å². The van der Waals surface area contributed by atoms with Gasteiger partial charge in [-0.3, -0.25) is 9.69 Å². The Labute approximate surface area is 133 Å². The standard InChI is InChI=1S/C17H27N3O2/c1-4-22-17-12-15(5-6-16(17)19-14(3)21)11-13(2)20-9-7-18-8-10-20/h5-6,12-13,18H,4,7-11H2,1-3H3,(H,19,21). The van der Waals surface area contributed by atoms with E-state index in [9.17, 15) is 4.79 Å². The van der Waals surface area contributed by atoms with Crippen LogP contribution < -0.4 is 15.4 Å². The molecule has 1 aliphatic rings. The number of amides is 1. The van der Waals surface area contributed by atoms with Gasteiger partial charge in [0.25, 0.3) is 0 Å². The van der Waals surface area contributed by atoms with Crippen LogP contribution in [0, 0.1) is 0 Å². The lowest BCUT2D eigenvalue weighted by atomic mass is 10.0. The number of piperazine rings is 1. The van der Waals surface area contributed by atoms with Crippen molar-refractivity contribution in [3.8, 4) is 5.75 Å². The molecule has 122 valence electrons. The van der Waals surface area contributed by atoms with Gasteiger partial charge in [0.05, 0.1) is 12.3 Å². The van der Waals surface area contributed by atoms with Crippen LogP contribution in [0.15, 0.2) is 18.2 Å². The largest absolute Gasteiger partial charge is 0.492 e. The van der Waals surface area contributed by atoms with Crippen LogP contribution in [0.2, 0.25) is 0 Å². The van der Waals surface area contributed by atoms with Crippen molar-refractivity contribution in [1.29, 1.82) is 0 Å². The minimum absolute atomic E-state index is 0.0807. The van der Waals surface area contributed by atoms with Gasteiger partial charge in [0.15, 0.2) is 0 Å². The Morgan fingerprint density at radius 1 is 1.41 bits per heavy atom. The highest BCUT2D eigenvalue weighted by atomic mass is 16.5. The van der Waals surface area contributed by atoms with Gasteiger partial charge in [0.1, 0.15) is 5.75 Å². The lowest BCUT2D eigenvalue weighted by Gasteiger charge is -2.33. The fourth-order valence-corrected chi connectivity index (χ4v) is 2.85. The first kappa shape index (κ1) is 16.8. The Balaban J connectivity index is 2.06. The fourth-order valence-electron chi connectivity index (χ4n) is 2.85. The summed E-state index contributed by atoms with van der Waals surface area (Å²) in [5.41, 5.74) is 1.98. The molecular formula is C17H27N3O2. The van der Waals surface area contributed by atoms with Gasteiger partial charge in [0, 0.05) is 39.1 Å². The minimum Gasteiger partial charge on any atom is -0.492 e. The first-order valence-corrected chi connectivity index (χ1v) is 8.08. The Kier molecular flexibility index (Phi) is 6.21. The number of hydrogen-bond acceptors (Lipinski definition) is 4. The molecular weight excluding hydrogens is 278 g/mol. The average molecular weight is 305 g/mol. The zero-order chi connectivity index (χ0) is 15.9. The molecule has 0 radical (unpaired) electrons. The first-order chi connectivity index (χ1) is 10.6. The van der Waals surface area contributed by atoms with E-state index in [1.807, 2.05) is 19.1 Å². The fraction of sp³-hybridized carbons (Fsp3) is 0.588. The zero-order valence-corrected chi connectivity index (χ0v) is 13.8. The Bertz CT molecular complexity index is 499. The lowest BCUT2D eigenvalue weighted by Crippen LogP contribution is -2.48. The third kappa shape index (κ3) is 4.71. The molecule has 1 fully saturated rings. The van der Waals surface area contributed by atoms with E-state index in [1.165, 1.54) is 12.5 Å². The molecule has 1 atom stereocenters. The molecule has 1 heterocycles. The minimum atomic E-state index is -0.0807. The van der Waals surface area contributed by atoms with Crippen molar-refractivity contribution in [3.63, 3.8) is 0 Å². The van der Waals surface area contributed by atoms with Crippen LogP contribution >= 0.6 is 0 Å². The highest BCUT2D eigenvalue weighted by Crippen LogP contribution is 2.27. The molecule has 1 aliphatic heterocycles. The molecule has 0 aliphatic carbocycles. The van der Waals surface area contributed by atoms with Crippen molar-refractivity contribution in [3.05, 3.63) is 23.8 Å². The van der Waals surface area contributed by atoms with E-state index >= 15 is 0 Å². The van der Waals surface area contributed by atoms with E-state index in [0.717, 1.165) is 44.0 Å². The van der Waals surface area contributed by atoms with E-state index in [4.69, 9.17) is 4.74 Å². The maximum atomic E-state index is 11.3. The van der Waals surface area contributed by atoms with Gasteiger partial charge in [-0.05, 0) is 38.0 Å². The number of carbonyl (C=O) groups is 1. The first-order valence-electron chi connectivity index (χ1n) is 8.08. The number of nitrogens with zero attached hydrogens (tertiary/aromatic N) is 1. The van der Waals surface area contributed by atoms with Crippen LogP contribution in [0.3, 0.4) is 0 Å². The summed E-state index contributed by atoms with van der Waals surface area (Å²) in [6.07, 6.45) is 0.987. The number of hydrogen-bond donors (Lipinski definition) is 2. The van der Waals surface area contributed by atoms with Gasteiger partial charge in [0.2, 0.25) is 5.91 Å². The summed E-state index contributed by atoms with van der Waals surface area (Å²) in [5, 5.41) is 6.20. The van der Waals surface area contributed by atoms with Gasteiger partial charge >= 0.3 is 0 Å². The molecule has 1 aromatic rings. The van der Waals surface area contributed by atoms with Crippen molar-refractivity contribution < 1.29 is 9.53 Å². The van der Waals surface area contributed by atoms with Crippen molar-refractivity contribution >= 4 is 11.6 Å². The van der Waals surface area contributed by atoms with E-state index < -0.39 is 0 Å². The maximum Gasteiger partial charge on any atom is 0.221 e. The van der Waals surface area contributed by atoms with E-state index in [1.54, 1.807) is 0 Å². The Morgan fingerprint density at radius 3 is 2.77 bits per heavy atom. The second-order valence-electron chi connectivity index (χ2n) is 5.78. The smallest absolute Gasteiger partial charge is 0.221 e. The van der Waals surface area contributed by atoms with Crippen LogP contribution in [-0.2, 0) is 11.2 Å². The molecule has 2 rings (SSSR count). The van der Waals surface area contributed by atoms with E-state index in [2.05, 4.69) is 28.5 Å². The number of carbonyl (C=O) groups excluding carboxylic acids is 1. The number of anilines is 1. The summed E-state index contributed by atoms with van der Waals surface area (Å²) in [6.45, 7) is 10.7. The molecule has 1 unspecified atom stereocenters. The van der Waals surface area contributed by atoms with E-state index in [-0.39, 0.29) is 5.91 Å². The van der Waals surface area contributed by atoms with Gasteiger partial charge in [-0.15, -0.1) is 0 Å². The van der Waals surface area contributed by atoms with Gasteiger partial charge < -0.3 is 15.4 Å². The van der Waals surface area contributed by atoms with Crippen molar-refractivity contribution in [1.82, 2.24) is 10.2 Å². The van der Waals surface area contributed by atoms with Crippen molar-refractivity contribution in [2.24, 2.45) is 0 Å². The Hall–Kier alpha value is -1.59. The van der Waals surface area contributed by atoms with Crippen molar-refractivity contribution in [2.75, 3.05) is 38.1 Å². The van der Waals surface area contributed by atoms with Crippen LogP contribution in [0.1, 0.15) is 26.3 Å². The molecule has 0 aromatic heterocycles. The molecule has 22 heavy (non-hydrogen) atoms. The van der Waals surface area contributed by atoms with Crippen molar-refractivity contribution in [2.45, 2.75) is 33.2 Å². The highest BCUT2D eigenvalue weighted by molar-refractivity contribution is 5.90. The molecule has 5 nitrogen and oxygen atoms in total. The summed E-state index contributed by atoms with van der Waals surface area (Å²) >= 11 is 0. The van der Waals surface area contributed by atoms with Gasteiger partial charge in [-0.1, -0.05) is 6.07 Å². The highest BCUT2D eigenvalue weighted by Gasteiger charge is 2.17. The van der Waals surface area contributed by atoms with E-state index in [0.29, 0.717) is 12.6 Å². The molecule has 0 bridgehead atoms. The quantitative estimate of drug-likeness (QED) is 0.842. The van der Waals surface area contributed by atoms with Crippen LogP contribution in [0.5, 0.6) is 5.75 Å². The zero-order valence-electron chi connectivity index (χ0n) is 13.8. The number of benzene rings is 1. The molecule has 1 aromatic carbocycles. The summed E-state index contributed by atoms with van der Waals surface area (Å²) in [4.78, 5) is 13.8.